The van der Waals surface area contributed by atoms with Gasteiger partial charge in [0.15, 0.2) is 0 Å². The molecule has 2 aromatic rings. The van der Waals surface area contributed by atoms with Gasteiger partial charge in [-0.3, -0.25) is 0 Å². The monoisotopic (exact) mass is 277 g/mol. The van der Waals surface area contributed by atoms with Crippen molar-refractivity contribution in [2.24, 2.45) is 5.73 Å². The zero-order valence-electron chi connectivity index (χ0n) is 11.7. The van der Waals surface area contributed by atoms with E-state index in [1.165, 1.54) is 11.1 Å². The lowest BCUT2D eigenvalue weighted by molar-refractivity contribution is 0.644. The van der Waals surface area contributed by atoms with Gasteiger partial charge in [-0.25, -0.2) is 4.68 Å². The lowest BCUT2D eigenvalue weighted by atomic mass is 10.00. The van der Waals surface area contributed by atoms with Crippen LogP contribution in [0.4, 0.5) is 0 Å². The fourth-order valence-electron chi connectivity index (χ4n) is 2.05. The van der Waals surface area contributed by atoms with E-state index >= 15 is 0 Å². The second kappa shape index (κ2) is 5.76. The van der Waals surface area contributed by atoms with Gasteiger partial charge in [-0.15, -0.1) is 0 Å². The van der Waals surface area contributed by atoms with Crippen LogP contribution in [-0.2, 0) is 6.42 Å². The Morgan fingerprint density at radius 3 is 2.63 bits per heavy atom. The van der Waals surface area contributed by atoms with Gasteiger partial charge < -0.3 is 5.73 Å². The molecule has 3 nitrogen and oxygen atoms in total. The summed E-state index contributed by atoms with van der Waals surface area (Å²) in [5.74, 6) is 0. The number of hydrogen-bond donors (Lipinski definition) is 1. The van der Waals surface area contributed by atoms with Crippen LogP contribution in [0, 0.1) is 13.8 Å². The van der Waals surface area contributed by atoms with Crippen molar-refractivity contribution in [1.82, 2.24) is 9.78 Å². The Morgan fingerprint density at radius 2 is 2.11 bits per heavy atom. The van der Waals surface area contributed by atoms with Gasteiger partial charge in [0.25, 0.3) is 0 Å². The first-order valence-corrected chi connectivity index (χ1v) is 6.96. The predicted octanol–water partition coefficient (Wildman–Crippen LogP) is 3.42. The summed E-state index contributed by atoms with van der Waals surface area (Å²) in [7, 11) is 0. The molecule has 0 radical (unpaired) electrons. The van der Waals surface area contributed by atoms with Crippen LogP contribution in [0.3, 0.4) is 0 Å². The molecule has 0 saturated carbocycles. The van der Waals surface area contributed by atoms with Crippen molar-refractivity contribution in [2.75, 3.05) is 0 Å². The van der Waals surface area contributed by atoms with E-state index < -0.39 is 0 Å². The summed E-state index contributed by atoms with van der Waals surface area (Å²) in [4.78, 5) is 0. The molecule has 1 heterocycles. The van der Waals surface area contributed by atoms with Crippen molar-refractivity contribution in [3.8, 4) is 5.69 Å². The van der Waals surface area contributed by atoms with E-state index in [0.29, 0.717) is 5.02 Å². The van der Waals surface area contributed by atoms with Crippen molar-refractivity contribution in [3.63, 3.8) is 0 Å². The Bertz CT molecular complexity index is 555. The standard InChI is InChI=1S/C15H20ClN3/c1-4-13(17)8-12-5-6-14(7-10(12)2)19-9-15(16)11(3)18-19/h5-7,9,13H,4,8,17H2,1-3H3. The molecule has 1 unspecified atom stereocenters. The lowest BCUT2D eigenvalue weighted by Gasteiger charge is -2.12. The summed E-state index contributed by atoms with van der Waals surface area (Å²) in [5.41, 5.74) is 10.4. The molecular formula is C15H20ClN3. The molecule has 1 atom stereocenters. The molecule has 2 rings (SSSR count). The van der Waals surface area contributed by atoms with E-state index in [1.54, 1.807) is 0 Å². The number of aryl methyl sites for hydroxylation is 2. The van der Waals surface area contributed by atoms with E-state index in [2.05, 4.69) is 37.1 Å². The van der Waals surface area contributed by atoms with Crippen LogP contribution in [0.15, 0.2) is 24.4 Å². The van der Waals surface area contributed by atoms with Crippen molar-refractivity contribution in [1.29, 1.82) is 0 Å². The van der Waals surface area contributed by atoms with E-state index in [0.717, 1.165) is 24.2 Å². The van der Waals surface area contributed by atoms with Crippen molar-refractivity contribution in [3.05, 3.63) is 46.2 Å². The number of benzene rings is 1. The quantitative estimate of drug-likeness (QED) is 0.931. The molecule has 0 bridgehead atoms. The Morgan fingerprint density at radius 1 is 1.37 bits per heavy atom. The highest BCUT2D eigenvalue weighted by Crippen LogP contribution is 2.19. The van der Waals surface area contributed by atoms with Crippen LogP contribution in [0.5, 0.6) is 0 Å². The molecule has 0 amide bonds. The summed E-state index contributed by atoms with van der Waals surface area (Å²) in [6.07, 6.45) is 3.75. The Hall–Kier alpha value is -1.32. The van der Waals surface area contributed by atoms with Gasteiger partial charge in [-0.05, 0) is 49.9 Å². The van der Waals surface area contributed by atoms with Crippen molar-refractivity contribution < 1.29 is 0 Å². The predicted molar refractivity (Wildman–Crippen MR) is 80.0 cm³/mol. The molecule has 0 aliphatic rings. The maximum Gasteiger partial charge on any atom is 0.0819 e. The number of nitrogens with zero attached hydrogens (tertiary/aromatic N) is 2. The molecule has 0 aliphatic carbocycles. The highest BCUT2D eigenvalue weighted by molar-refractivity contribution is 6.31. The normalized spacial score (nSPS) is 12.7. The molecule has 0 spiro atoms. The molecule has 0 saturated heterocycles. The third-order valence-electron chi connectivity index (χ3n) is 3.44. The van der Waals surface area contributed by atoms with Crippen LogP contribution >= 0.6 is 11.6 Å². The highest BCUT2D eigenvalue weighted by Gasteiger charge is 2.08. The van der Waals surface area contributed by atoms with Crippen LogP contribution in [-0.4, -0.2) is 15.8 Å². The smallest absolute Gasteiger partial charge is 0.0819 e. The topological polar surface area (TPSA) is 43.8 Å². The van der Waals surface area contributed by atoms with Crippen molar-refractivity contribution >= 4 is 11.6 Å². The van der Waals surface area contributed by atoms with E-state index in [1.807, 2.05) is 17.8 Å². The average molecular weight is 278 g/mol. The number of aromatic nitrogens is 2. The van der Waals surface area contributed by atoms with Gasteiger partial charge in [-0.1, -0.05) is 24.6 Å². The van der Waals surface area contributed by atoms with E-state index in [9.17, 15) is 0 Å². The lowest BCUT2D eigenvalue weighted by Crippen LogP contribution is -2.21. The minimum atomic E-state index is 0.228. The maximum atomic E-state index is 6.04. The molecular weight excluding hydrogens is 258 g/mol. The molecule has 1 aromatic heterocycles. The minimum Gasteiger partial charge on any atom is -0.327 e. The zero-order chi connectivity index (χ0) is 14.0. The zero-order valence-corrected chi connectivity index (χ0v) is 12.4. The third kappa shape index (κ3) is 3.17. The minimum absolute atomic E-state index is 0.228. The molecule has 2 N–H and O–H groups in total. The first-order valence-electron chi connectivity index (χ1n) is 6.58. The van der Waals surface area contributed by atoms with Crippen LogP contribution in [0.2, 0.25) is 5.02 Å². The first kappa shape index (κ1) is 14.1. The SMILES string of the molecule is CCC(N)Cc1ccc(-n2cc(Cl)c(C)n2)cc1C. The maximum absolute atomic E-state index is 6.04. The number of nitrogens with two attached hydrogens (primary N) is 1. The second-order valence-corrected chi connectivity index (χ2v) is 5.40. The van der Waals surface area contributed by atoms with Gasteiger partial charge >= 0.3 is 0 Å². The Labute approximate surface area is 119 Å². The molecule has 0 aliphatic heterocycles. The molecule has 0 fully saturated rings. The van der Waals surface area contributed by atoms with E-state index in [4.69, 9.17) is 17.3 Å². The number of hydrogen-bond acceptors (Lipinski definition) is 2. The van der Waals surface area contributed by atoms with E-state index in [-0.39, 0.29) is 6.04 Å². The highest BCUT2D eigenvalue weighted by atomic mass is 35.5. The largest absolute Gasteiger partial charge is 0.327 e. The van der Waals surface area contributed by atoms with Gasteiger partial charge in [0.1, 0.15) is 0 Å². The molecule has 19 heavy (non-hydrogen) atoms. The van der Waals surface area contributed by atoms with Crippen LogP contribution < -0.4 is 5.73 Å². The summed E-state index contributed by atoms with van der Waals surface area (Å²) < 4.78 is 1.81. The Kier molecular flexibility index (Phi) is 4.27. The third-order valence-corrected chi connectivity index (χ3v) is 3.81. The van der Waals surface area contributed by atoms with Gasteiger partial charge in [0.2, 0.25) is 0 Å². The number of rotatable bonds is 4. The first-order chi connectivity index (χ1) is 9.01. The van der Waals surface area contributed by atoms with Gasteiger partial charge in [0.05, 0.1) is 16.4 Å². The molecule has 102 valence electrons. The fourth-order valence-corrected chi connectivity index (χ4v) is 2.18. The summed E-state index contributed by atoms with van der Waals surface area (Å²) in [6, 6.07) is 6.55. The van der Waals surface area contributed by atoms with Crippen LogP contribution in [0.1, 0.15) is 30.2 Å². The summed E-state index contributed by atoms with van der Waals surface area (Å²) in [6.45, 7) is 6.13. The fraction of sp³-hybridized carbons (Fsp3) is 0.400. The van der Waals surface area contributed by atoms with Gasteiger partial charge in [-0.2, -0.15) is 5.10 Å². The summed E-state index contributed by atoms with van der Waals surface area (Å²) >= 11 is 6.04. The Balaban J connectivity index is 2.28. The number of halogens is 1. The average Bonchev–Trinajstić information content (AvgIpc) is 2.72. The van der Waals surface area contributed by atoms with Crippen molar-refractivity contribution in [2.45, 2.75) is 39.7 Å². The summed E-state index contributed by atoms with van der Waals surface area (Å²) in [5, 5.41) is 5.08. The molecule has 1 aromatic carbocycles. The van der Waals surface area contributed by atoms with Crippen LogP contribution in [0.25, 0.3) is 5.69 Å². The second-order valence-electron chi connectivity index (χ2n) is 4.99. The molecule has 4 heteroatoms. The van der Waals surface area contributed by atoms with Gasteiger partial charge in [0, 0.05) is 12.2 Å².